The molecule has 0 saturated carbocycles. The van der Waals surface area contributed by atoms with Gasteiger partial charge in [0.2, 0.25) is 0 Å². The van der Waals surface area contributed by atoms with Crippen LogP contribution in [0.5, 0.6) is 0 Å². The van der Waals surface area contributed by atoms with Crippen LogP contribution in [0.15, 0.2) is 156 Å². The molecule has 1 aromatic heterocycles. The summed E-state index contributed by atoms with van der Waals surface area (Å²) in [6, 6.07) is 54.5. The smallest absolute Gasteiger partial charge is 0.137 e. The Morgan fingerprint density at radius 2 is 0.810 bits per heavy atom. The van der Waals surface area contributed by atoms with Gasteiger partial charge in [-0.15, -0.1) is 0 Å². The van der Waals surface area contributed by atoms with Crippen LogP contribution < -0.4 is 4.90 Å². The van der Waals surface area contributed by atoms with E-state index in [2.05, 4.69) is 144 Å². The van der Waals surface area contributed by atoms with Crippen LogP contribution in [-0.2, 0) is 0 Å². The standard InChI is InChI=1S/C40H25NO/c1-2-9-28-23-30(16-13-26(28)7-1)41(32-18-22-38-37-11-5-6-12-39(37)42-40(38)25-32)31-17-21-34-29(24-31)15-20-35-33-10-4-3-8-27(33)14-19-36(34)35/h1-25H. The van der Waals surface area contributed by atoms with Gasteiger partial charge in [-0.3, -0.25) is 0 Å². The van der Waals surface area contributed by atoms with Crippen molar-refractivity contribution in [3.63, 3.8) is 0 Å². The first kappa shape index (κ1) is 23.1. The number of nitrogens with zero attached hydrogens (tertiary/aromatic N) is 1. The SMILES string of the molecule is c1ccc2cc(N(c3ccc4c(ccc5c6ccccc6ccc45)c3)c3ccc4c(c3)oc3ccccc34)ccc2c1. The van der Waals surface area contributed by atoms with Crippen LogP contribution in [0, 0.1) is 0 Å². The van der Waals surface area contributed by atoms with Gasteiger partial charge in [-0.2, -0.15) is 0 Å². The predicted molar refractivity (Wildman–Crippen MR) is 178 cm³/mol. The molecule has 0 fully saturated rings. The number of benzene rings is 8. The molecule has 0 aliphatic rings. The van der Waals surface area contributed by atoms with Crippen molar-refractivity contribution < 1.29 is 4.42 Å². The van der Waals surface area contributed by atoms with Gasteiger partial charge in [0.05, 0.1) is 0 Å². The van der Waals surface area contributed by atoms with E-state index >= 15 is 0 Å². The highest BCUT2D eigenvalue weighted by Crippen LogP contribution is 2.41. The second-order valence-electron chi connectivity index (χ2n) is 11.0. The molecule has 0 aliphatic heterocycles. The molecule has 2 heteroatoms. The highest BCUT2D eigenvalue weighted by atomic mass is 16.3. The van der Waals surface area contributed by atoms with Crippen LogP contribution in [-0.4, -0.2) is 0 Å². The van der Waals surface area contributed by atoms with Crippen molar-refractivity contribution in [2.24, 2.45) is 0 Å². The molecule has 2 nitrogen and oxygen atoms in total. The number of furan rings is 1. The van der Waals surface area contributed by atoms with Gasteiger partial charge in [-0.05, 0) is 85.6 Å². The normalized spacial score (nSPS) is 11.8. The largest absolute Gasteiger partial charge is 0.456 e. The lowest BCUT2D eigenvalue weighted by molar-refractivity contribution is 0.669. The minimum atomic E-state index is 0.887. The van der Waals surface area contributed by atoms with Crippen molar-refractivity contribution in [1.82, 2.24) is 0 Å². The average molecular weight is 536 g/mol. The minimum absolute atomic E-state index is 0.887. The maximum absolute atomic E-state index is 6.31. The summed E-state index contributed by atoms with van der Waals surface area (Å²) in [4.78, 5) is 2.34. The zero-order valence-corrected chi connectivity index (χ0v) is 22.8. The average Bonchev–Trinajstić information content (AvgIpc) is 3.42. The van der Waals surface area contributed by atoms with E-state index in [9.17, 15) is 0 Å². The van der Waals surface area contributed by atoms with E-state index < -0.39 is 0 Å². The third-order valence-corrected chi connectivity index (χ3v) is 8.60. The molecule has 0 radical (unpaired) electrons. The molecule has 0 saturated heterocycles. The molecular formula is C40H25NO. The first-order chi connectivity index (χ1) is 20.8. The number of hydrogen-bond donors (Lipinski definition) is 0. The van der Waals surface area contributed by atoms with E-state index in [0.29, 0.717) is 0 Å². The van der Waals surface area contributed by atoms with Crippen LogP contribution in [0.4, 0.5) is 17.1 Å². The lowest BCUT2D eigenvalue weighted by Crippen LogP contribution is -2.09. The van der Waals surface area contributed by atoms with Crippen LogP contribution in [0.3, 0.4) is 0 Å². The first-order valence-corrected chi connectivity index (χ1v) is 14.3. The van der Waals surface area contributed by atoms with E-state index in [4.69, 9.17) is 4.42 Å². The molecule has 42 heavy (non-hydrogen) atoms. The van der Waals surface area contributed by atoms with Crippen molar-refractivity contribution in [2.45, 2.75) is 0 Å². The third kappa shape index (κ3) is 3.52. The second-order valence-corrected chi connectivity index (χ2v) is 11.0. The number of para-hydroxylation sites is 1. The van der Waals surface area contributed by atoms with E-state index in [1.165, 1.54) is 43.1 Å². The van der Waals surface area contributed by atoms with Gasteiger partial charge in [0.25, 0.3) is 0 Å². The highest BCUT2D eigenvalue weighted by molar-refractivity contribution is 6.17. The van der Waals surface area contributed by atoms with Crippen molar-refractivity contribution in [2.75, 3.05) is 4.90 Å². The molecule has 9 rings (SSSR count). The molecule has 196 valence electrons. The molecule has 0 bridgehead atoms. The van der Waals surface area contributed by atoms with Gasteiger partial charge in [0.15, 0.2) is 0 Å². The molecule has 1 heterocycles. The predicted octanol–water partition coefficient (Wildman–Crippen LogP) is 11.7. The Morgan fingerprint density at radius 1 is 0.310 bits per heavy atom. The molecule has 9 aromatic rings. The van der Waals surface area contributed by atoms with Gasteiger partial charge in [-0.25, -0.2) is 0 Å². The van der Waals surface area contributed by atoms with Gasteiger partial charge >= 0.3 is 0 Å². The summed E-state index contributed by atoms with van der Waals surface area (Å²) < 4.78 is 6.31. The molecule has 8 aromatic carbocycles. The molecule has 0 aliphatic carbocycles. The molecular weight excluding hydrogens is 510 g/mol. The highest BCUT2D eigenvalue weighted by Gasteiger charge is 2.17. The zero-order valence-electron chi connectivity index (χ0n) is 22.8. The fraction of sp³-hybridized carbons (Fsp3) is 0. The van der Waals surface area contributed by atoms with Gasteiger partial charge in [-0.1, -0.05) is 103 Å². The maximum Gasteiger partial charge on any atom is 0.137 e. The Labute approximate surface area is 242 Å². The molecule has 0 spiro atoms. The van der Waals surface area contributed by atoms with E-state index in [1.807, 2.05) is 12.1 Å². The molecule has 0 atom stereocenters. The van der Waals surface area contributed by atoms with Crippen LogP contribution in [0.2, 0.25) is 0 Å². The lowest BCUT2D eigenvalue weighted by Gasteiger charge is -2.26. The summed E-state index contributed by atoms with van der Waals surface area (Å²) in [6.45, 7) is 0. The summed E-state index contributed by atoms with van der Waals surface area (Å²) in [5.41, 5.74) is 5.07. The Balaban J connectivity index is 1.27. The van der Waals surface area contributed by atoms with Crippen molar-refractivity contribution in [3.05, 3.63) is 152 Å². The topological polar surface area (TPSA) is 16.4 Å². The van der Waals surface area contributed by atoms with Crippen LogP contribution >= 0.6 is 0 Å². The van der Waals surface area contributed by atoms with Crippen LogP contribution in [0.25, 0.3) is 65.0 Å². The van der Waals surface area contributed by atoms with Crippen molar-refractivity contribution in [3.8, 4) is 0 Å². The minimum Gasteiger partial charge on any atom is -0.456 e. The Hall–Kier alpha value is -5.60. The summed E-state index contributed by atoms with van der Waals surface area (Å²) in [5, 5.41) is 12.3. The van der Waals surface area contributed by atoms with Gasteiger partial charge in [0, 0.05) is 33.9 Å². The summed E-state index contributed by atoms with van der Waals surface area (Å²) in [5.74, 6) is 0. The van der Waals surface area contributed by atoms with E-state index in [0.717, 1.165) is 39.0 Å². The Kier molecular flexibility index (Phi) is 4.93. The van der Waals surface area contributed by atoms with E-state index in [-0.39, 0.29) is 0 Å². The lowest BCUT2D eigenvalue weighted by atomic mass is 9.96. The molecule has 0 N–H and O–H groups in total. The zero-order chi connectivity index (χ0) is 27.6. The van der Waals surface area contributed by atoms with Gasteiger partial charge < -0.3 is 9.32 Å². The Bertz CT molecular complexity index is 2490. The fourth-order valence-corrected chi connectivity index (χ4v) is 6.57. The molecule has 0 unspecified atom stereocenters. The summed E-state index contributed by atoms with van der Waals surface area (Å²) in [7, 11) is 0. The van der Waals surface area contributed by atoms with Gasteiger partial charge in [0.1, 0.15) is 11.2 Å². The fourth-order valence-electron chi connectivity index (χ4n) is 6.57. The maximum atomic E-state index is 6.31. The number of rotatable bonds is 3. The summed E-state index contributed by atoms with van der Waals surface area (Å²) >= 11 is 0. The second kappa shape index (κ2) is 8.95. The number of hydrogen-bond acceptors (Lipinski definition) is 2. The molecule has 0 amide bonds. The number of anilines is 3. The quantitative estimate of drug-likeness (QED) is 0.209. The van der Waals surface area contributed by atoms with Crippen LogP contribution in [0.1, 0.15) is 0 Å². The Morgan fingerprint density at radius 3 is 1.64 bits per heavy atom. The van der Waals surface area contributed by atoms with Crippen molar-refractivity contribution >= 4 is 82.1 Å². The van der Waals surface area contributed by atoms with Crippen molar-refractivity contribution in [1.29, 1.82) is 0 Å². The van der Waals surface area contributed by atoms with E-state index in [1.54, 1.807) is 0 Å². The first-order valence-electron chi connectivity index (χ1n) is 14.3. The monoisotopic (exact) mass is 535 g/mol. The third-order valence-electron chi connectivity index (χ3n) is 8.60. The number of fused-ring (bicyclic) bond motifs is 9. The summed E-state index contributed by atoms with van der Waals surface area (Å²) in [6.07, 6.45) is 0.